The number of benzene rings is 7. The molecule has 5 nitrogen and oxygen atoms in total. The van der Waals surface area contributed by atoms with Crippen molar-refractivity contribution in [2.24, 2.45) is 0 Å². The molecular weight excluding hydrogens is 613 g/mol. The fourth-order valence-electron chi connectivity index (χ4n) is 7.11. The van der Waals surface area contributed by atoms with Crippen LogP contribution in [0.2, 0.25) is 0 Å². The van der Waals surface area contributed by atoms with E-state index in [1.54, 1.807) is 0 Å². The Balaban J connectivity index is 1.21. The fraction of sp³-hybridized carbons (Fsp3) is 0. The second kappa shape index (κ2) is 11.4. The molecule has 0 aliphatic heterocycles. The number of fused-ring (bicyclic) bond motifs is 6. The van der Waals surface area contributed by atoms with E-state index in [4.69, 9.17) is 19.4 Å². The molecule has 0 unspecified atom stereocenters. The second-order valence-electron chi connectivity index (χ2n) is 12.5. The highest BCUT2D eigenvalue weighted by Gasteiger charge is 2.21. The summed E-state index contributed by atoms with van der Waals surface area (Å²) in [5.41, 5.74) is 10.0. The molecule has 234 valence electrons. The van der Waals surface area contributed by atoms with Gasteiger partial charge in [0.25, 0.3) is 0 Å². The molecule has 0 aliphatic rings. The Kier molecular flexibility index (Phi) is 6.42. The first-order valence-electron chi connectivity index (χ1n) is 16.7. The topological polar surface area (TPSA) is 56.7 Å². The Bertz CT molecular complexity index is 2860. The molecule has 10 aromatic rings. The minimum Gasteiger partial charge on any atom is -0.456 e. The highest BCUT2D eigenvalue weighted by atomic mass is 16.3. The van der Waals surface area contributed by atoms with Gasteiger partial charge in [-0.3, -0.25) is 4.57 Å². The van der Waals surface area contributed by atoms with E-state index in [-0.39, 0.29) is 0 Å². The van der Waals surface area contributed by atoms with Crippen LogP contribution in [0.1, 0.15) is 0 Å². The number of aromatic nitrogens is 4. The van der Waals surface area contributed by atoms with E-state index in [0.717, 1.165) is 77.1 Å². The van der Waals surface area contributed by atoms with Crippen LogP contribution in [0.4, 0.5) is 0 Å². The summed E-state index contributed by atoms with van der Waals surface area (Å²) in [5, 5.41) is 4.41. The van der Waals surface area contributed by atoms with Crippen LogP contribution in [0, 0.1) is 0 Å². The SMILES string of the molecule is c1ccc(-c2ccc3c(c2)oc2cc(-c4nc(-c5ccccc5)nc(-n5c6ccccc6c6cccc(-c7ccccc7)c65)n4)ccc23)cc1. The highest BCUT2D eigenvalue weighted by molar-refractivity contribution is 6.13. The zero-order valence-corrected chi connectivity index (χ0v) is 26.9. The molecule has 0 amide bonds. The summed E-state index contributed by atoms with van der Waals surface area (Å²) in [4.78, 5) is 15.4. The largest absolute Gasteiger partial charge is 0.456 e. The summed E-state index contributed by atoms with van der Waals surface area (Å²) in [7, 11) is 0. The van der Waals surface area contributed by atoms with Crippen LogP contribution < -0.4 is 0 Å². The van der Waals surface area contributed by atoms with Crippen LogP contribution in [0.15, 0.2) is 174 Å². The molecule has 0 bridgehead atoms. The fourth-order valence-corrected chi connectivity index (χ4v) is 7.11. The number of furan rings is 1. The maximum atomic E-state index is 6.50. The molecular formula is C45H28N4O. The summed E-state index contributed by atoms with van der Waals surface area (Å²) < 4.78 is 8.69. The van der Waals surface area contributed by atoms with Gasteiger partial charge < -0.3 is 4.42 Å². The normalized spacial score (nSPS) is 11.6. The molecule has 0 radical (unpaired) electrons. The van der Waals surface area contributed by atoms with Gasteiger partial charge in [0.2, 0.25) is 5.95 Å². The molecule has 3 heterocycles. The first-order valence-corrected chi connectivity index (χ1v) is 16.7. The molecule has 0 N–H and O–H groups in total. The first-order chi connectivity index (χ1) is 24.8. The lowest BCUT2D eigenvalue weighted by Gasteiger charge is -2.13. The van der Waals surface area contributed by atoms with E-state index in [2.05, 4.69) is 126 Å². The van der Waals surface area contributed by atoms with Crippen molar-refractivity contribution in [2.75, 3.05) is 0 Å². The third-order valence-corrected chi connectivity index (χ3v) is 9.47. The summed E-state index contributed by atoms with van der Waals surface area (Å²) in [5.74, 6) is 1.73. The third kappa shape index (κ3) is 4.60. The highest BCUT2D eigenvalue weighted by Crippen LogP contribution is 2.39. The zero-order chi connectivity index (χ0) is 33.0. The summed E-state index contributed by atoms with van der Waals surface area (Å²) in [6.07, 6.45) is 0. The monoisotopic (exact) mass is 640 g/mol. The Labute approximate surface area is 287 Å². The van der Waals surface area contributed by atoms with E-state index in [1.807, 2.05) is 48.5 Å². The Morgan fingerprint density at radius 2 is 0.940 bits per heavy atom. The molecule has 0 aliphatic carbocycles. The maximum Gasteiger partial charge on any atom is 0.238 e. The molecule has 10 rings (SSSR count). The lowest BCUT2D eigenvalue weighted by atomic mass is 10.0. The predicted octanol–water partition coefficient (Wildman–Crippen LogP) is 11.5. The number of hydrogen-bond acceptors (Lipinski definition) is 4. The Morgan fingerprint density at radius 3 is 1.66 bits per heavy atom. The average Bonchev–Trinajstić information content (AvgIpc) is 3.74. The molecule has 5 heteroatoms. The van der Waals surface area contributed by atoms with Crippen molar-refractivity contribution >= 4 is 43.7 Å². The van der Waals surface area contributed by atoms with Crippen LogP contribution >= 0.6 is 0 Å². The molecule has 0 saturated heterocycles. The maximum absolute atomic E-state index is 6.50. The smallest absolute Gasteiger partial charge is 0.238 e. The Hall–Kier alpha value is -6.85. The van der Waals surface area contributed by atoms with Gasteiger partial charge in [-0.05, 0) is 47.0 Å². The second-order valence-corrected chi connectivity index (χ2v) is 12.5. The van der Waals surface area contributed by atoms with E-state index >= 15 is 0 Å². The van der Waals surface area contributed by atoms with Gasteiger partial charge in [0.05, 0.1) is 11.0 Å². The average molecular weight is 641 g/mol. The zero-order valence-electron chi connectivity index (χ0n) is 26.9. The molecule has 0 spiro atoms. The molecule has 7 aromatic carbocycles. The van der Waals surface area contributed by atoms with Gasteiger partial charge >= 0.3 is 0 Å². The third-order valence-electron chi connectivity index (χ3n) is 9.47. The lowest BCUT2D eigenvalue weighted by molar-refractivity contribution is 0.669. The quantitative estimate of drug-likeness (QED) is 0.188. The number of nitrogens with zero attached hydrogens (tertiary/aromatic N) is 4. The van der Waals surface area contributed by atoms with Crippen molar-refractivity contribution in [1.29, 1.82) is 0 Å². The van der Waals surface area contributed by atoms with Gasteiger partial charge in [0.15, 0.2) is 11.6 Å². The minimum atomic E-state index is 0.556. The van der Waals surface area contributed by atoms with Crippen LogP contribution in [-0.4, -0.2) is 19.5 Å². The van der Waals surface area contributed by atoms with Crippen molar-refractivity contribution in [3.05, 3.63) is 170 Å². The van der Waals surface area contributed by atoms with Gasteiger partial charge in [-0.2, -0.15) is 9.97 Å². The van der Waals surface area contributed by atoms with Crippen molar-refractivity contribution in [2.45, 2.75) is 0 Å². The molecule has 0 atom stereocenters. The van der Waals surface area contributed by atoms with Crippen molar-refractivity contribution < 1.29 is 4.42 Å². The Morgan fingerprint density at radius 1 is 0.380 bits per heavy atom. The van der Waals surface area contributed by atoms with Crippen LogP contribution in [0.5, 0.6) is 0 Å². The van der Waals surface area contributed by atoms with Gasteiger partial charge in [0, 0.05) is 38.2 Å². The van der Waals surface area contributed by atoms with Crippen molar-refractivity contribution in [3.8, 4) is 51.0 Å². The minimum absolute atomic E-state index is 0.556. The molecule has 0 fully saturated rings. The van der Waals surface area contributed by atoms with Crippen molar-refractivity contribution in [1.82, 2.24) is 19.5 Å². The van der Waals surface area contributed by atoms with E-state index in [1.165, 1.54) is 0 Å². The van der Waals surface area contributed by atoms with E-state index in [9.17, 15) is 0 Å². The van der Waals surface area contributed by atoms with Gasteiger partial charge in [-0.15, -0.1) is 0 Å². The molecule has 50 heavy (non-hydrogen) atoms. The predicted molar refractivity (Wildman–Crippen MR) is 203 cm³/mol. The van der Waals surface area contributed by atoms with Gasteiger partial charge in [-0.1, -0.05) is 140 Å². The van der Waals surface area contributed by atoms with Crippen LogP contribution in [0.25, 0.3) is 94.7 Å². The lowest BCUT2D eigenvalue weighted by Crippen LogP contribution is -2.07. The summed E-state index contributed by atoms with van der Waals surface area (Å²) in [6.45, 7) is 0. The summed E-state index contributed by atoms with van der Waals surface area (Å²) in [6, 6.07) is 58.6. The van der Waals surface area contributed by atoms with E-state index in [0.29, 0.717) is 17.6 Å². The van der Waals surface area contributed by atoms with Crippen LogP contribution in [-0.2, 0) is 0 Å². The number of hydrogen-bond donors (Lipinski definition) is 0. The number of rotatable bonds is 5. The van der Waals surface area contributed by atoms with Crippen LogP contribution in [0.3, 0.4) is 0 Å². The molecule has 0 saturated carbocycles. The standard InChI is InChI=1S/C45H28N4O/c1-4-13-29(14-5-1)32-23-25-36-37-26-24-33(28-41(37)50-40(36)27-32)44-46-43(31-17-8-3-9-18-31)47-45(48-44)49-39-22-11-10-19-35(39)38-21-12-20-34(42(38)49)30-15-6-2-7-16-30/h1-28H. The van der Waals surface area contributed by atoms with Gasteiger partial charge in [0.1, 0.15) is 11.2 Å². The summed E-state index contributed by atoms with van der Waals surface area (Å²) >= 11 is 0. The molecule has 3 aromatic heterocycles. The van der Waals surface area contributed by atoms with Crippen molar-refractivity contribution in [3.63, 3.8) is 0 Å². The number of para-hydroxylation sites is 2. The van der Waals surface area contributed by atoms with Gasteiger partial charge in [-0.25, -0.2) is 4.98 Å². The van der Waals surface area contributed by atoms with E-state index < -0.39 is 0 Å². The first kappa shape index (κ1) is 28.2.